The summed E-state index contributed by atoms with van der Waals surface area (Å²) in [7, 11) is 0. The molecule has 0 unspecified atom stereocenters. The van der Waals surface area contributed by atoms with Crippen LogP contribution < -0.4 is 5.32 Å². The van der Waals surface area contributed by atoms with Gasteiger partial charge in [-0.3, -0.25) is 9.36 Å². The van der Waals surface area contributed by atoms with E-state index in [0.717, 1.165) is 11.9 Å². The number of nitrogens with zero attached hydrogens (tertiary/aromatic N) is 4. The summed E-state index contributed by atoms with van der Waals surface area (Å²) in [6.07, 6.45) is 7.43. The first-order valence-corrected chi connectivity index (χ1v) is 7.95. The molecule has 0 fully saturated rings. The smallest absolute Gasteiger partial charge is 0.252 e. The van der Waals surface area contributed by atoms with Crippen molar-refractivity contribution in [3.05, 3.63) is 72.6 Å². The Balaban J connectivity index is 1.37. The van der Waals surface area contributed by atoms with Crippen LogP contribution in [0.1, 0.15) is 15.9 Å². The number of nitrogens with one attached hydrogen (secondary N) is 2. The summed E-state index contributed by atoms with van der Waals surface area (Å²) >= 11 is 0. The fourth-order valence-electron chi connectivity index (χ4n) is 2.74. The van der Waals surface area contributed by atoms with Crippen molar-refractivity contribution in [1.82, 2.24) is 30.0 Å². The van der Waals surface area contributed by atoms with Crippen LogP contribution in [0.2, 0.25) is 0 Å². The minimum Gasteiger partial charge on any atom is -0.361 e. The number of pyridine rings is 1. The lowest BCUT2D eigenvalue weighted by atomic mass is 10.1. The molecule has 0 saturated heterocycles. The first kappa shape index (κ1) is 15.1. The molecule has 0 aliphatic heterocycles. The Hall–Kier alpha value is -3.48. The number of hydrogen-bond donors (Lipinski definition) is 2. The van der Waals surface area contributed by atoms with Crippen molar-refractivity contribution < 1.29 is 4.79 Å². The van der Waals surface area contributed by atoms with Gasteiger partial charge in [-0.05, 0) is 30.2 Å². The van der Waals surface area contributed by atoms with E-state index in [1.54, 1.807) is 35.6 Å². The number of para-hydroxylation sites is 1. The number of carbonyl (C=O) groups is 1. The molecule has 3 heterocycles. The summed E-state index contributed by atoms with van der Waals surface area (Å²) in [6.45, 7) is 0.563. The van der Waals surface area contributed by atoms with Crippen LogP contribution >= 0.6 is 0 Å². The van der Waals surface area contributed by atoms with Crippen LogP contribution in [0.4, 0.5) is 0 Å². The van der Waals surface area contributed by atoms with E-state index in [1.807, 2.05) is 24.4 Å². The van der Waals surface area contributed by atoms with E-state index in [-0.39, 0.29) is 5.91 Å². The zero-order valence-electron chi connectivity index (χ0n) is 13.4. The van der Waals surface area contributed by atoms with E-state index in [1.165, 1.54) is 10.9 Å². The van der Waals surface area contributed by atoms with Crippen LogP contribution in [0.15, 0.2) is 61.4 Å². The highest BCUT2D eigenvalue weighted by Gasteiger charge is 2.08. The van der Waals surface area contributed by atoms with Crippen LogP contribution in [-0.2, 0) is 6.42 Å². The predicted octanol–water partition coefficient (Wildman–Crippen LogP) is 2.12. The van der Waals surface area contributed by atoms with E-state index in [2.05, 4.69) is 31.5 Å². The summed E-state index contributed by atoms with van der Waals surface area (Å²) in [6, 6.07) is 11.6. The summed E-state index contributed by atoms with van der Waals surface area (Å²) in [5.74, 6) is 0.531. The molecular formula is C18H16N6O. The predicted molar refractivity (Wildman–Crippen MR) is 93.5 cm³/mol. The van der Waals surface area contributed by atoms with E-state index < -0.39 is 0 Å². The zero-order valence-corrected chi connectivity index (χ0v) is 13.4. The number of H-pyrrole nitrogens is 1. The highest BCUT2D eigenvalue weighted by Crippen LogP contribution is 2.17. The minimum atomic E-state index is -0.136. The lowest BCUT2D eigenvalue weighted by Gasteiger charge is -2.06. The van der Waals surface area contributed by atoms with Crippen LogP contribution in [-0.4, -0.2) is 37.2 Å². The second kappa shape index (κ2) is 6.56. The average molecular weight is 332 g/mol. The summed E-state index contributed by atoms with van der Waals surface area (Å²) in [5.41, 5.74) is 2.82. The topological polar surface area (TPSA) is 88.5 Å². The van der Waals surface area contributed by atoms with E-state index >= 15 is 0 Å². The molecule has 0 saturated carbocycles. The Morgan fingerprint density at radius 1 is 1.12 bits per heavy atom. The van der Waals surface area contributed by atoms with Crippen molar-refractivity contribution >= 4 is 16.8 Å². The van der Waals surface area contributed by atoms with E-state index in [9.17, 15) is 4.79 Å². The Kier molecular flexibility index (Phi) is 3.96. The molecule has 0 radical (unpaired) electrons. The molecule has 0 aliphatic rings. The number of benzene rings is 1. The standard InChI is InChI=1S/C18H16N6O/c25-18(14-5-6-17(21-10-14)24-11-22-23-12-24)19-8-7-13-9-20-16-4-2-1-3-15(13)16/h1-6,9-12,20H,7-8H2,(H,19,25). The van der Waals surface area contributed by atoms with Crippen LogP contribution in [0.5, 0.6) is 0 Å². The molecule has 0 spiro atoms. The highest BCUT2D eigenvalue weighted by molar-refractivity contribution is 5.94. The van der Waals surface area contributed by atoms with Gasteiger partial charge in [0.25, 0.3) is 5.91 Å². The zero-order chi connectivity index (χ0) is 17.1. The molecule has 0 atom stereocenters. The fraction of sp³-hybridized carbons (Fsp3) is 0.111. The first-order valence-electron chi connectivity index (χ1n) is 7.95. The van der Waals surface area contributed by atoms with Crippen molar-refractivity contribution in [2.45, 2.75) is 6.42 Å². The van der Waals surface area contributed by atoms with Crippen molar-refractivity contribution in [3.8, 4) is 5.82 Å². The van der Waals surface area contributed by atoms with Gasteiger partial charge >= 0.3 is 0 Å². The largest absolute Gasteiger partial charge is 0.361 e. The second-order valence-electron chi connectivity index (χ2n) is 5.64. The Bertz CT molecular complexity index is 988. The van der Waals surface area contributed by atoms with Crippen molar-refractivity contribution in [3.63, 3.8) is 0 Å². The molecule has 0 bridgehead atoms. The molecule has 1 aromatic carbocycles. The van der Waals surface area contributed by atoms with Gasteiger partial charge in [0, 0.05) is 29.8 Å². The Labute approximate surface area is 143 Å². The third-order valence-corrected chi connectivity index (χ3v) is 4.05. The summed E-state index contributed by atoms with van der Waals surface area (Å²) in [4.78, 5) is 19.7. The van der Waals surface area contributed by atoms with Gasteiger partial charge in [-0.1, -0.05) is 18.2 Å². The van der Waals surface area contributed by atoms with Crippen LogP contribution in [0.3, 0.4) is 0 Å². The number of aromatic amines is 1. The molecule has 124 valence electrons. The number of hydrogen-bond acceptors (Lipinski definition) is 4. The van der Waals surface area contributed by atoms with Crippen molar-refractivity contribution in [2.24, 2.45) is 0 Å². The first-order chi connectivity index (χ1) is 12.3. The summed E-state index contributed by atoms with van der Waals surface area (Å²) < 4.78 is 1.68. The van der Waals surface area contributed by atoms with Gasteiger partial charge in [-0.2, -0.15) is 0 Å². The second-order valence-corrected chi connectivity index (χ2v) is 5.64. The van der Waals surface area contributed by atoms with Gasteiger partial charge in [0.2, 0.25) is 0 Å². The SMILES string of the molecule is O=C(NCCc1c[nH]c2ccccc12)c1ccc(-n2cnnc2)nc1. The number of rotatable bonds is 5. The maximum atomic E-state index is 12.2. The summed E-state index contributed by atoms with van der Waals surface area (Å²) in [5, 5.41) is 11.6. The molecule has 4 aromatic rings. The van der Waals surface area contributed by atoms with E-state index in [0.29, 0.717) is 17.9 Å². The van der Waals surface area contributed by atoms with Gasteiger partial charge in [0.1, 0.15) is 18.5 Å². The number of amides is 1. The molecular weight excluding hydrogens is 316 g/mol. The normalized spacial score (nSPS) is 10.9. The third-order valence-electron chi connectivity index (χ3n) is 4.05. The van der Waals surface area contributed by atoms with Crippen LogP contribution in [0.25, 0.3) is 16.7 Å². The highest BCUT2D eigenvalue weighted by atomic mass is 16.1. The van der Waals surface area contributed by atoms with E-state index in [4.69, 9.17) is 0 Å². The van der Waals surface area contributed by atoms with Gasteiger partial charge in [0.15, 0.2) is 0 Å². The van der Waals surface area contributed by atoms with Gasteiger partial charge in [0.05, 0.1) is 5.56 Å². The quantitative estimate of drug-likeness (QED) is 0.586. The molecule has 7 heteroatoms. The fourth-order valence-corrected chi connectivity index (χ4v) is 2.74. The van der Waals surface area contributed by atoms with Crippen molar-refractivity contribution in [1.29, 1.82) is 0 Å². The lowest BCUT2D eigenvalue weighted by molar-refractivity contribution is 0.0954. The number of fused-ring (bicyclic) bond motifs is 1. The minimum absolute atomic E-state index is 0.136. The monoisotopic (exact) mass is 332 g/mol. The molecule has 0 aliphatic carbocycles. The molecule has 3 aromatic heterocycles. The van der Waals surface area contributed by atoms with Gasteiger partial charge in [-0.25, -0.2) is 4.98 Å². The van der Waals surface area contributed by atoms with Crippen LogP contribution in [0, 0.1) is 0 Å². The maximum Gasteiger partial charge on any atom is 0.252 e. The molecule has 25 heavy (non-hydrogen) atoms. The average Bonchev–Trinajstić information content (AvgIpc) is 3.32. The van der Waals surface area contributed by atoms with Crippen molar-refractivity contribution in [2.75, 3.05) is 6.54 Å². The molecule has 4 rings (SSSR count). The molecule has 1 amide bonds. The van der Waals surface area contributed by atoms with Gasteiger partial charge in [-0.15, -0.1) is 10.2 Å². The lowest BCUT2D eigenvalue weighted by Crippen LogP contribution is -2.25. The number of aromatic nitrogens is 5. The van der Waals surface area contributed by atoms with Gasteiger partial charge < -0.3 is 10.3 Å². The number of carbonyl (C=O) groups excluding carboxylic acids is 1. The Morgan fingerprint density at radius 2 is 1.96 bits per heavy atom. The molecule has 7 nitrogen and oxygen atoms in total. The third kappa shape index (κ3) is 3.12. The molecule has 2 N–H and O–H groups in total. The Morgan fingerprint density at radius 3 is 2.76 bits per heavy atom. The maximum absolute atomic E-state index is 12.2.